The van der Waals surface area contributed by atoms with Gasteiger partial charge in [-0.1, -0.05) is 0 Å². The van der Waals surface area contributed by atoms with Crippen molar-refractivity contribution in [2.24, 2.45) is 11.1 Å². The molecule has 1 aromatic carbocycles. The van der Waals surface area contributed by atoms with Crippen LogP contribution in [0.3, 0.4) is 0 Å². The first-order valence-electron chi connectivity index (χ1n) is 9.44. The van der Waals surface area contributed by atoms with Gasteiger partial charge in [0.1, 0.15) is 11.4 Å². The Morgan fingerprint density at radius 2 is 2.07 bits per heavy atom. The molecular formula is C20H22FN3O3. The second-order valence-electron chi connectivity index (χ2n) is 8.39. The van der Waals surface area contributed by atoms with Gasteiger partial charge in [0.15, 0.2) is 0 Å². The lowest BCUT2D eigenvalue weighted by Crippen LogP contribution is -2.30. The number of aromatic carboxylic acids is 1. The van der Waals surface area contributed by atoms with E-state index in [2.05, 4.69) is 0 Å². The van der Waals surface area contributed by atoms with E-state index in [1.54, 1.807) is 13.0 Å². The Labute approximate surface area is 155 Å². The van der Waals surface area contributed by atoms with Crippen LogP contribution in [0.25, 0.3) is 10.9 Å². The molecular weight excluding hydrogens is 349 g/mol. The fraction of sp³-hybridized carbons (Fsp3) is 0.500. The molecule has 1 aromatic heterocycles. The summed E-state index contributed by atoms with van der Waals surface area (Å²) in [6.45, 7) is 2.90. The molecule has 1 spiro atoms. The molecule has 142 valence electrons. The third kappa shape index (κ3) is 2.34. The largest absolute Gasteiger partial charge is 0.477 e. The first kappa shape index (κ1) is 16.7. The molecule has 0 radical (unpaired) electrons. The number of hydrogen-bond acceptors (Lipinski definition) is 4. The van der Waals surface area contributed by atoms with Crippen molar-refractivity contribution in [1.82, 2.24) is 4.57 Å². The normalized spacial score (nSPS) is 23.4. The number of pyridine rings is 1. The van der Waals surface area contributed by atoms with E-state index < -0.39 is 17.2 Å². The summed E-state index contributed by atoms with van der Waals surface area (Å²) in [5.74, 6) is -1.73. The van der Waals surface area contributed by atoms with Gasteiger partial charge in [0.05, 0.1) is 16.6 Å². The smallest absolute Gasteiger partial charge is 0.341 e. The van der Waals surface area contributed by atoms with Gasteiger partial charge >= 0.3 is 5.97 Å². The fourth-order valence-corrected chi connectivity index (χ4v) is 4.55. The van der Waals surface area contributed by atoms with Crippen molar-refractivity contribution in [3.8, 4) is 0 Å². The van der Waals surface area contributed by atoms with Gasteiger partial charge in [-0.2, -0.15) is 0 Å². The summed E-state index contributed by atoms with van der Waals surface area (Å²) in [7, 11) is 0. The Bertz CT molecular complexity index is 1050. The molecule has 0 bridgehead atoms. The van der Waals surface area contributed by atoms with Gasteiger partial charge in [-0.3, -0.25) is 4.79 Å². The van der Waals surface area contributed by atoms with Crippen LogP contribution in [0.15, 0.2) is 17.1 Å². The highest BCUT2D eigenvalue weighted by molar-refractivity contribution is 5.95. The average Bonchev–Trinajstić information content (AvgIpc) is 3.51. The van der Waals surface area contributed by atoms with E-state index in [1.807, 2.05) is 9.47 Å². The zero-order chi connectivity index (χ0) is 19.1. The number of benzene rings is 1. The minimum Gasteiger partial charge on any atom is -0.477 e. The van der Waals surface area contributed by atoms with Gasteiger partial charge in [0, 0.05) is 42.3 Å². The van der Waals surface area contributed by atoms with E-state index in [-0.39, 0.29) is 34.0 Å². The van der Waals surface area contributed by atoms with Crippen molar-refractivity contribution >= 4 is 22.6 Å². The van der Waals surface area contributed by atoms with Crippen LogP contribution in [0.4, 0.5) is 10.1 Å². The molecule has 0 amide bonds. The third-order valence-electron chi connectivity index (χ3n) is 6.59. The van der Waals surface area contributed by atoms with Crippen LogP contribution < -0.4 is 16.1 Å². The molecule has 6 nitrogen and oxygen atoms in total. The number of hydrogen-bond donors (Lipinski definition) is 2. The Morgan fingerprint density at radius 1 is 1.37 bits per heavy atom. The summed E-state index contributed by atoms with van der Waals surface area (Å²) in [4.78, 5) is 26.3. The van der Waals surface area contributed by atoms with E-state index in [9.17, 15) is 14.7 Å². The molecule has 2 aromatic rings. The van der Waals surface area contributed by atoms with Crippen LogP contribution >= 0.6 is 0 Å². The summed E-state index contributed by atoms with van der Waals surface area (Å²) >= 11 is 0. The number of carboxylic acid groups (broad SMARTS) is 1. The molecule has 1 aliphatic heterocycles. The lowest BCUT2D eigenvalue weighted by molar-refractivity contribution is 0.0695. The molecule has 5 rings (SSSR count). The molecule has 1 unspecified atom stereocenters. The van der Waals surface area contributed by atoms with Gasteiger partial charge in [0.2, 0.25) is 5.43 Å². The van der Waals surface area contributed by atoms with E-state index >= 15 is 4.39 Å². The maximum atomic E-state index is 15.3. The molecule has 3 fully saturated rings. The lowest BCUT2D eigenvalue weighted by Gasteiger charge is -2.23. The predicted octanol–water partition coefficient (Wildman–Crippen LogP) is 2.41. The Kier molecular flexibility index (Phi) is 3.30. The zero-order valence-corrected chi connectivity index (χ0v) is 15.2. The minimum atomic E-state index is -1.28. The summed E-state index contributed by atoms with van der Waals surface area (Å²) < 4.78 is 17.1. The number of aromatic nitrogens is 1. The number of nitrogens with zero attached hydrogens (tertiary/aromatic N) is 2. The summed E-state index contributed by atoms with van der Waals surface area (Å²) in [6, 6.07) is 1.92. The van der Waals surface area contributed by atoms with Crippen molar-refractivity contribution in [3.63, 3.8) is 0 Å². The number of carbonyl (C=O) groups is 1. The molecule has 2 saturated carbocycles. The maximum absolute atomic E-state index is 15.3. The van der Waals surface area contributed by atoms with E-state index in [4.69, 9.17) is 5.73 Å². The van der Waals surface area contributed by atoms with Gasteiger partial charge in [-0.25, -0.2) is 9.18 Å². The van der Waals surface area contributed by atoms with Crippen LogP contribution in [-0.2, 0) is 0 Å². The van der Waals surface area contributed by atoms with Crippen molar-refractivity contribution < 1.29 is 14.3 Å². The second-order valence-corrected chi connectivity index (χ2v) is 8.39. The first-order valence-corrected chi connectivity index (χ1v) is 9.44. The quantitative estimate of drug-likeness (QED) is 0.865. The zero-order valence-electron chi connectivity index (χ0n) is 15.2. The van der Waals surface area contributed by atoms with E-state index in [0.29, 0.717) is 17.7 Å². The number of halogens is 1. The maximum Gasteiger partial charge on any atom is 0.341 e. The van der Waals surface area contributed by atoms with E-state index in [1.165, 1.54) is 6.20 Å². The van der Waals surface area contributed by atoms with Crippen LogP contribution in [-0.4, -0.2) is 34.8 Å². The standard InChI is InChI=1S/C20H22FN3O3/c1-10-16-13(24(11-2-3-11)7-12(18(16)25)19(26)27)6-14(17(10)21)23-8-15(22)20(9-23)4-5-20/h6-7,11,15H,2-5,8-9,22H2,1H3,(H,26,27). The Hall–Kier alpha value is -2.41. The van der Waals surface area contributed by atoms with Crippen molar-refractivity contribution in [2.75, 3.05) is 18.0 Å². The average molecular weight is 371 g/mol. The topological polar surface area (TPSA) is 88.6 Å². The highest BCUT2D eigenvalue weighted by Crippen LogP contribution is 2.53. The molecule has 3 aliphatic rings. The van der Waals surface area contributed by atoms with Gasteiger partial charge in [0.25, 0.3) is 0 Å². The molecule has 2 heterocycles. The number of aryl methyl sites for hydroxylation is 1. The van der Waals surface area contributed by atoms with Crippen LogP contribution in [0.1, 0.15) is 47.6 Å². The monoisotopic (exact) mass is 371 g/mol. The number of rotatable bonds is 3. The number of carboxylic acids is 1. The van der Waals surface area contributed by atoms with Crippen LogP contribution in [0.2, 0.25) is 0 Å². The lowest BCUT2D eigenvalue weighted by atomic mass is 10.0. The highest BCUT2D eigenvalue weighted by atomic mass is 19.1. The van der Waals surface area contributed by atoms with Gasteiger partial charge < -0.3 is 20.3 Å². The molecule has 1 atom stereocenters. The van der Waals surface area contributed by atoms with Crippen molar-refractivity contribution in [3.05, 3.63) is 39.4 Å². The molecule has 27 heavy (non-hydrogen) atoms. The third-order valence-corrected chi connectivity index (χ3v) is 6.59. The second kappa shape index (κ2) is 5.32. The summed E-state index contributed by atoms with van der Waals surface area (Å²) in [5, 5.41) is 9.58. The van der Waals surface area contributed by atoms with E-state index in [0.717, 1.165) is 32.2 Å². The minimum absolute atomic E-state index is 0.0351. The van der Waals surface area contributed by atoms with Crippen LogP contribution in [0.5, 0.6) is 0 Å². The van der Waals surface area contributed by atoms with Crippen molar-refractivity contribution in [1.29, 1.82) is 0 Å². The van der Waals surface area contributed by atoms with Gasteiger partial charge in [-0.05, 0) is 38.7 Å². The Balaban J connectivity index is 1.75. The summed E-state index contributed by atoms with van der Waals surface area (Å²) in [5.41, 5.74) is 6.78. The van der Waals surface area contributed by atoms with Gasteiger partial charge in [-0.15, -0.1) is 0 Å². The fourth-order valence-electron chi connectivity index (χ4n) is 4.55. The molecule has 2 aliphatic carbocycles. The molecule has 7 heteroatoms. The Morgan fingerprint density at radius 3 is 2.63 bits per heavy atom. The number of anilines is 1. The first-order chi connectivity index (χ1) is 12.8. The molecule has 1 saturated heterocycles. The SMILES string of the molecule is Cc1c(F)c(N2CC(N)C3(CC3)C2)cc2c1c(=O)c(C(=O)O)cn2C1CC1. The van der Waals surface area contributed by atoms with Crippen LogP contribution in [0, 0.1) is 18.2 Å². The summed E-state index contributed by atoms with van der Waals surface area (Å²) in [6.07, 6.45) is 5.44. The molecule has 3 N–H and O–H groups in total. The predicted molar refractivity (Wildman–Crippen MR) is 100.0 cm³/mol. The number of nitrogens with two attached hydrogens (primary N) is 1. The number of fused-ring (bicyclic) bond motifs is 1. The van der Waals surface area contributed by atoms with Crippen molar-refractivity contribution in [2.45, 2.75) is 44.7 Å². The highest BCUT2D eigenvalue weighted by Gasteiger charge is 2.53.